The zero-order valence-corrected chi connectivity index (χ0v) is 11.0. The molecule has 96 valence electrons. The number of ether oxygens (including phenoxy) is 1. The number of hydrogen-bond acceptors (Lipinski definition) is 4. The standard InChI is InChI=1S/C9H14ClN3O3S/c1-13(8-2-3-16-6-8)17(14,15)9-7(4-10)5-11-12-9/h5,8H,2-4,6H2,1H3,(H,11,12). The average molecular weight is 280 g/mol. The Bertz CT molecular complexity index is 481. The van der Waals surface area contributed by atoms with Gasteiger partial charge in [-0.25, -0.2) is 8.42 Å². The molecule has 8 heteroatoms. The van der Waals surface area contributed by atoms with Gasteiger partial charge in [-0.2, -0.15) is 9.40 Å². The van der Waals surface area contributed by atoms with Gasteiger partial charge >= 0.3 is 0 Å². The summed E-state index contributed by atoms with van der Waals surface area (Å²) in [4.78, 5) is 0. The summed E-state index contributed by atoms with van der Waals surface area (Å²) >= 11 is 5.68. The Hall–Kier alpha value is -0.630. The molecule has 1 aromatic heterocycles. The fourth-order valence-electron chi connectivity index (χ4n) is 1.77. The van der Waals surface area contributed by atoms with E-state index >= 15 is 0 Å². The molecule has 1 fully saturated rings. The van der Waals surface area contributed by atoms with Gasteiger partial charge in [0.2, 0.25) is 0 Å². The summed E-state index contributed by atoms with van der Waals surface area (Å²) in [5.41, 5.74) is 0.484. The molecule has 2 heterocycles. The maximum absolute atomic E-state index is 12.3. The predicted molar refractivity (Wildman–Crippen MR) is 62.3 cm³/mol. The quantitative estimate of drug-likeness (QED) is 0.817. The Labute approximate surface area is 105 Å². The van der Waals surface area contributed by atoms with E-state index in [1.54, 1.807) is 7.05 Å². The molecule has 0 aromatic carbocycles. The van der Waals surface area contributed by atoms with Crippen LogP contribution in [0.15, 0.2) is 11.2 Å². The second-order valence-corrected chi connectivity index (χ2v) is 6.10. The van der Waals surface area contributed by atoms with Crippen molar-refractivity contribution in [1.82, 2.24) is 14.5 Å². The van der Waals surface area contributed by atoms with Crippen molar-refractivity contribution < 1.29 is 13.2 Å². The first kappa shape index (κ1) is 12.8. The minimum absolute atomic E-state index is 0.0712. The van der Waals surface area contributed by atoms with Crippen LogP contribution in [0.3, 0.4) is 0 Å². The van der Waals surface area contributed by atoms with Crippen molar-refractivity contribution in [3.05, 3.63) is 11.8 Å². The van der Waals surface area contributed by atoms with Crippen molar-refractivity contribution in [3.8, 4) is 0 Å². The zero-order chi connectivity index (χ0) is 12.5. The number of sulfonamides is 1. The first-order chi connectivity index (χ1) is 8.07. The highest BCUT2D eigenvalue weighted by Gasteiger charge is 2.33. The topological polar surface area (TPSA) is 75.3 Å². The SMILES string of the molecule is CN(C1CCOC1)S(=O)(=O)c1[nH]ncc1CCl. The molecule has 2 rings (SSSR count). The zero-order valence-electron chi connectivity index (χ0n) is 9.39. The van der Waals surface area contributed by atoms with Gasteiger partial charge in [0.05, 0.1) is 24.7 Å². The highest BCUT2D eigenvalue weighted by Crippen LogP contribution is 2.22. The lowest BCUT2D eigenvalue weighted by Crippen LogP contribution is -2.37. The highest BCUT2D eigenvalue weighted by molar-refractivity contribution is 7.89. The van der Waals surface area contributed by atoms with E-state index in [4.69, 9.17) is 16.3 Å². The van der Waals surface area contributed by atoms with Gasteiger partial charge in [0, 0.05) is 19.2 Å². The maximum atomic E-state index is 12.3. The number of aromatic amines is 1. The Morgan fingerprint density at radius 3 is 3.06 bits per heavy atom. The molecule has 0 amide bonds. The van der Waals surface area contributed by atoms with Crippen molar-refractivity contribution in [3.63, 3.8) is 0 Å². The van der Waals surface area contributed by atoms with Crippen molar-refractivity contribution in [2.75, 3.05) is 20.3 Å². The van der Waals surface area contributed by atoms with Gasteiger partial charge in [0.15, 0.2) is 5.03 Å². The molecule has 1 unspecified atom stereocenters. The van der Waals surface area contributed by atoms with Crippen LogP contribution in [-0.4, -0.2) is 49.2 Å². The molecule has 0 aliphatic carbocycles. The van der Waals surface area contributed by atoms with E-state index in [0.29, 0.717) is 25.2 Å². The lowest BCUT2D eigenvalue weighted by Gasteiger charge is -2.21. The minimum Gasteiger partial charge on any atom is -0.380 e. The first-order valence-electron chi connectivity index (χ1n) is 5.21. The predicted octanol–water partition coefficient (Wildman–Crippen LogP) is 0.558. The van der Waals surface area contributed by atoms with Gasteiger partial charge in [-0.05, 0) is 6.42 Å². The first-order valence-corrected chi connectivity index (χ1v) is 7.19. The van der Waals surface area contributed by atoms with E-state index in [0.717, 1.165) is 0 Å². The molecule has 6 nitrogen and oxygen atoms in total. The van der Waals surface area contributed by atoms with E-state index < -0.39 is 10.0 Å². The lowest BCUT2D eigenvalue weighted by molar-refractivity contribution is 0.180. The lowest BCUT2D eigenvalue weighted by atomic mass is 10.3. The molecule has 1 aromatic rings. The van der Waals surface area contributed by atoms with E-state index in [-0.39, 0.29) is 16.9 Å². The number of nitrogens with zero attached hydrogens (tertiary/aromatic N) is 2. The van der Waals surface area contributed by atoms with Crippen LogP contribution < -0.4 is 0 Å². The molecule has 0 saturated carbocycles. The number of likely N-dealkylation sites (N-methyl/N-ethyl adjacent to an activating group) is 1. The third-order valence-corrected chi connectivity index (χ3v) is 5.09. The molecule has 1 N–H and O–H groups in total. The Morgan fingerprint density at radius 2 is 2.47 bits per heavy atom. The van der Waals surface area contributed by atoms with E-state index in [9.17, 15) is 8.42 Å². The summed E-state index contributed by atoms with van der Waals surface area (Å²) in [7, 11) is -2.02. The van der Waals surface area contributed by atoms with Gasteiger partial charge in [-0.3, -0.25) is 5.10 Å². The summed E-state index contributed by atoms with van der Waals surface area (Å²) in [5, 5.41) is 6.29. The van der Waals surface area contributed by atoms with Crippen molar-refractivity contribution in [1.29, 1.82) is 0 Å². The smallest absolute Gasteiger partial charge is 0.260 e. The molecule has 1 atom stereocenters. The van der Waals surface area contributed by atoms with Crippen molar-refractivity contribution >= 4 is 21.6 Å². The number of alkyl halides is 1. The summed E-state index contributed by atoms with van der Waals surface area (Å²) in [6, 6.07) is -0.119. The summed E-state index contributed by atoms with van der Waals surface area (Å²) in [6.07, 6.45) is 2.14. The molecule has 1 aliphatic heterocycles. The van der Waals surface area contributed by atoms with Crippen LogP contribution in [0.5, 0.6) is 0 Å². The van der Waals surface area contributed by atoms with Crippen molar-refractivity contribution in [2.24, 2.45) is 0 Å². The van der Waals surface area contributed by atoms with Crippen LogP contribution in [0.1, 0.15) is 12.0 Å². The monoisotopic (exact) mass is 279 g/mol. The third kappa shape index (κ3) is 2.33. The van der Waals surface area contributed by atoms with E-state index in [1.807, 2.05) is 0 Å². The fraction of sp³-hybridized carbons (Fsp3) is 0.667. The van der Waals surface area contributed by atoms with Gasteiger partial charge in [-0.1, -0.05) is 0 Å². The van der Waals surface area contributed by atoms with E-state index in [1.165, 1.54) is 10.5 Å². The largest absolute Gasteiger partial charge is 0.380 e. The van der Waals surface area contributed by atoms with Gasteiger partial charge in [0.25, 0.3) is 10.0 Å². The summed E-state index contributed by atoms with van der Waals surface area (Å²) < 4.78 is 31.1. The van der Waals surface area contributed by atoms with E-state index in [2.05, 4.69) is 10.2 Å². The molecule has 17 heavy (non-hydrogen) atoms. The van der Waals surface area contributed by atoms with Crippen LogP contribution >= 0.6 is 11.6 Å². The Kier molecular flexibility index (Phi) is 3.72. The molecule has 0 bridgehead atoms. The van der Waals surface area contributed by atoms with Crippen LogP contribution in [0, 0.1) is 0 Å². The molecule has 0 radical (unpaired) electrons. The molecular formula is C9H14ClN3O3S. The molecule has 1 aliphatic rings. The summed E-state index contributed by atoms with van der Waals surface area (Å²) in [5.74, 6) is 0.111. The molecular weight excluding hydrogens is 266 g/mol. The van der Waals surface area contributed by atoms with Gasteiger partial charge < -0.3 is 4.74 Å². The number of hydrogen-bond donors (Lipinski definition) is 1. The minimum atomic E-state index is -3.57. The summed E-state index contributed by atoms with van der Waals surface area (Å²) in [6.45, 7) is 1.02. The van der Waals surface area contributed by atoms with Gasteiger partial charge in [0.1, 0.15) is 0 Å². The highest BCUT2D eigenvalue weighted by atomic mass is 35.5. The fourth-order valence-corrected chi connectivity index (χ4v) is 3.52. The van der Waals surface area contributed by atoms with Crippen LogP contribution in [0.25, 0.3) is 0 Å². The van der Waals surface area contributed by atoms with Gasteiger partial charge in [-0.15, -0.1) is 11.6 Å². The normalized spacial score (nSPS) is 21.2. The van der Waals surface area contributed by atoms with Crippen LogP contribution in [-0.2, 0) is 20.6 Å². The van der Waals surface area contributed by atoms with Crippen LogP contribution in [0.2, 0.25) is 0 Å². The number of rotatable bonds is 4. The molecule has 1 saturated heterocycles. The maximum Gasteiger partial charge on any atom is 0.260 e. The number of aromatic nitrogens is 2. The second kappa shape index (κ2) is 4.93. The number of halogens is 1. The number of H-pyrrole nitrogens is 1. The van der Waals surface area contributed by atoms with Crippen LogP contribution in [0.4, 0.5) is 0 Å². The molecule has 0 spiro atoms. The average Bonchev–Trinajstić information content (AvgIpc) is 2.98. The van der Waals surface area contributed by atoms with Crippen molar-refractivity contribution in [2.45, 2.75) is 23.4 Å². The third-order valence-electron chi connectivity index (χ3n) is 2.88. The Balaban J connectivity index is 2.29. The second-order valence-electron chi connectivity index (χ2n) is 3.90. The number of nitrogens with one attached hydrogen (secondary N) is 1. The Morgan fingerprint density at radius 1 is 1.71 bits per heavy atom.